The van der Waals surface area contributed by atoms with Crippen LogP contribution in [-0.2, 0) is 0 Å². The number of methoxy groups -OCH3 is 1. The van der Waals surface area contributed by atoms with Crippen molar-refractivity contribution in [1.82, 2.24) is 4.98 Å². The van der Waals surface area contributed by atoms with Crippen LogP contribution in [0.3, 0.4) is 0 Å². The van der Waals surface area contributed by atoms with Gasteiger partial charge in [-0.05, 0) is 0 Å². The van der Waals surface area contributed by atoms with Crippen LogP contribution in [0.25, 0.3) is 0 Å². The first kappa shape index (κ1) is 11.3. The molecular weight excluding hydrogens is 283 g/mol. The van der Waals surface area contributed by atoms with Gasteiger partial charge in [-0.25, -0.2) is 0 Å². The van der Waals surface area contributed by atoms with Crippen molar-refractivity contribution >= 4 is 22.1 Å². The van der Waals surface area contributed by atoms with Gasteiger partial charge >= 0.3 is 88.6 Å². The van der Waals surface area contributed by atoms with Gasteiger partial charge in [0, 0.05) is 0 Å². The van der Waals surface area contributed by atoms with Gasteiger partial charge in [-0.1, -0.05) is 0 Å². The number of nitriles is 1. The summed E-state index contributed by atoms with van der Waals surface area (Å²) in [6.07, 6.45) is 1.61. The maximum absolute atomic E-state index is 8.79. The van der Waals surface area contributed by atoms with E-state index in [2.05, 4.69) is 25.9 Å². The second-order valence-electron chi connectivity index (χ2n) is 4.13. The predicted molar refractivity (Wildman–Crippen MR) is 58.5 cm³/mol. The van der Waals surface area contributed by atoms with E-state index in [0.717, 1.165) is 3.71 Å². The minimum atomic E-state index is -2.13. The predicted octanol–water partition coefficient (Wildman–Crippen LogP) is 1.51. The molecule has 1 rings (SSSR count). The van der Waals surface area contributed by atoms with Crippen LogP contribution in [0.5, 0.6) is 5.75 Å². The molecule has 0 unspecified atom stereocenters. The average Bonchev–Trinajstić information content (AvgIpc) is 2.15. The van der Waals surface area contributed by atoms with Gasteiger partial charge in [0.2, 0.25) is 0 Å². The monoisotopic (exact) mass is 298 g/mol. The van der Waals surface area contributed by atoms with Crippen LogP contribution in [0, 0.1) is 11.3 Å². The first-order valence-electron chi connectivity index (χ1n) is 4.43. The molecule has 0 spiro atoms. The molecule has 0 radical (unpaired) electrons. The summed E-state index contributed by atoms with van der Waals surface area (Å²) in [7, 11) is 1.58. The van der Waals surface area contributed by atoms with E-state index in [9.17, 15) is 0 Å². The third kappa shape index (κ3) is 2.38. The number of ether oxygens (including phenoxy) is 1. The van der Waals surface area contributed by atoms with Crippen LogP contribution < -0.4 is 8.45 Å². The van der Waals surface area contributed by atoms with Crippen molar-refractivity contribution in [2.24, 2.45) is 0 Å². The Labute approximate surface area is 88.6 Å². The molecule has 0 aliphatic heterocycles. The Bertz CT molecular complexity index is 377. The molecule has 0 aliphatic rings. The van der Waals surface area contributed by atoms with Crippen molar-refractivity contribution in [1.29, 1.82) is 5.26 Å². The number of hydrogen-bond acceptors (Lipinski definition) is 3. The van der Waals surface area contributed by atoms with Crippen molar-refractivity contribution < 1.29 is 4.74 Å². The summed E-state index contributed by atoms with van der Waals surface area (Å²) in [6.45, 7) is 0. The van der Waals surface area contributed by atoms with Crippen molar-refractivity contribution in [2.45, 2.75) is 14.8 Å². The van der Waals surface area contributed by atoms with Crippen LogP contribution in [0.1, 0.15) is 5.56 Å². The van der Waals surface area contributed by atoms with Crippen LogP contribution in [0.15, 0.2) is 12.3 Å². The Morgan fingerprint density at radius 3 is 2.50 bits per heavy atom. The molecule has 0 amide bonds. The molecule has 1 aromatic rings. The molecule has 0 N–H and O–H groups in total. The fourth-order valence-electron chi connectivity index (χ4n) is 1.10. The zero-order chi connectivity index (χ0) is 10.8. The summed E-state index contributed by atoms with van der Waals surface area (Å²) in [6, 6.07) is 3.97. The summed E-state index contributed by atoms with van der Waals surface area (Å²) in [4.78, 5) is 11.2. The van der Waals surface area contributed by atoms with E-state index in [1.807, 2.05) is 6.07 Å². The fraction of sp³-hybridized carbons (Fsp3) is 0.400. The van der Waals surface area contributed by atoms with Gasteiger partial charge < -0.3 is 0 Å². The van der Waals surface area contributed by atoms with Gasteiger partial charge in [-0.2, -0.15) is 0 Å². The summed E-state index contributed by atoms with van der Waals surface area (Å²) in [5, 5.41) is 8.79. The average molecular weight is 297 g/mol. The number of aromatic nitrogens is 1. The molecule has 0 fully saturated rings. The van der Waals surface area contributed by atoms with E-state index in [-0.39, 0.29) is 0 Å². The Balaban J connectivity index is 3.23. The van der Waals surface area contributed by atoms with E-state index in [4.69, 9.17) is 10.00 Å². The van der Waals surface area contributed by atoms with E-state index in [1.165, 1.54) is 0 Å². The first-order valence-corrected chi connectivity index (χ1v) is 14.4. The number of hydrogen-bond donors (Lipinski definition) is 0. The zero-order valence-electron chi connectivity index (χ0n) is 8.96. The number of pyridine rings is 1. The fourth-order valence-corrected chi connectivity index (χ4v) is 4.00. The topological polar surface area (TPSA) is 45.9 Å². The Morgan fingerprint density at radius 2 is 2.07 bits per heavy atom. The molecule has 0 saturated carbocycles. The summed E-state index contributed by atoms with van der Waals surface area (Å²) < 4.78 is 6.28. The molecule has 1 heterocycles. The van der Waals surface area contributed by atoms with Crippen LogP contribution >= 0.6 is 0 Å². The molecule has 0 aliphatic carbocycles. The first-order chi connectivity index (χ1) is 6.49. The second kappa shape index (κ2) is 4.18. The summed E-state index contributed by atoms with van der Waals surface area (Å²) >= 11 is -2.13. The molecule has 1 aromatic heterocycles. The van der Waals surface area contributed by atoms with Gasteiger partial charge in [0.15, 0.2) is 0 Å². The summed E-state index contributed by atoms with van der Waals surface area (Å²) in [5.41, 5.74) is 0.506. The molecule has 0 atom stereocenters. The van der Waals surface area contributed by atoms with Gasteiger partial charge in [0.1, 0.15) is 0 Å². The summed E-state index contributed by atoms with van der Waals surface area (Å²) in [5.74, 6) is 0.643. The second-order valence-corrected chi connectivity index (χ2v) is 18.4. The molecule has 74 valence electrons. The van der Waals surface area contributed by atoms with Gasteiger partial charge in [0.05, 0.1) is 0 Å². The van der Waals surface area contributed by atoms with Crippen molar-refractivity contribution in [3.63, 3.8) is 0 Å². The van der Waals surface area contributed by atoms with E-state index in [1.54, 1.807) is 13.3 Å². The normalized spacial score (nSPS) is 10.8. The molecular formula is C10H14N2OSn. The molecule has 0 bridgehead atoms. The minimum absolute atomic E-state index is 0.506. The Hall–Kier alpha value is -0.761. The van der Waals surface area contributed by atoms with E-state index >= 15 is 0 Å². The van der Waals surface area contributed by atoms with Crippen molar-refractivity contribution in [3.05, 3.63) is 17.8 Å². The Morgan fingerprint density at radius 1 is 1.43 bits per heavy atom. The Kier molecular flexibility index (Phi) is 3.38. The molecule has 14 heavy (non-hydrogen) atoms. The van der Waals surface area contributed by atoms with E-state index in [0.29, 0.717) is 11.3 Å². The van der Waals surface area contributed by atoms with Gasteiger partial charge in [-0.15, -0.1) is 0 Å². The third-order valence-corrected chi connectivity index (χ3v) is 7.14. The van der Waals surface area contributed by atoms with Crippen LogP contribution in [-0.4, -0.2) is 30.5 Å². The van der Waals surface area contributed by atoms with Gasteiger partial charge in [0.25, 0.3) is 0 Å². The maximum atomic E-state index is 8.79. The van der Waals surface area contributed by atoms with Crippen molar-refractivity contribution in [2.75, 3.05) is 7.11 Å². The molecule has 0 saturated heterocycles. The molecule has 3 nitrogen and oxygen atoms in total. The molecule has 0 aromatic carbocycles. The van der Waals surface area contributed by atoms with Crippen LogP contribution in [0.4, 0.5) is 0 Å². The van der Waals surface area contributed by atoms with E-state index < -0.39 is 18.4 Å². The zero-order valence-corrected chi connectivity index (χ0v) is 11.8. The SMILES string of the molecule is COc1c[c]([Sn]([CH3])([CH3])[CH3])ncc1C#N. The standard InChI is InChI=1S/C7H5N2O.3CH3.Sn/c1-10-7-2-3-9-5-6(7)4-8;;;;/h2,5H,1H3;3*1H3;. The van der Waals surface area contributed by atoms with Crippen molar-refractivity contribution in [3.8, 4) is 11.8 Å². The third-order valence-electron chi connectivity index (χ3n) is 1.97. The number of rotatable bonds is 2. The van der Waals surface area contributed by atoms with Crippen LogP contribution in [0.2, 0.25) is 14.8 Å². The number of nitrogens with zero attached hydrogens (tertiary/aromatic N) is 2. The van der Waals surface area contributed by atoms with Gasteiger partial charge in [-0.3, -0.25) is 0 Å². The quantitative estimate of drug-likeness (QED) is 0.777. The molecule has 4 heteroatoms.